The van der Waals surface area contributed by atoms with Gasteiger partial charge in [0, 0.05) is 12.8 Å². The summed E-state index contributed by atoms with van der Waals surface area (Å²) in [5.74, 6) is 1.62. The summed E-state index contributed by atoms with van der Waals surface area (Å²) in [6.07, 6.45) is 6.38. The number of terminal acetylenes is 1. The Morgan fingerprint density at radius 1 is 1.56 bits per heavy atom. The largest absolute Gasteiger partial charge is 0.695 e. The summed E-state index contributed by atoms with van der Waals surface area (Å²) in [6, 6.07) is 0. The van der Waals surface area contributed by atoms with Gasteiger partial charge in [-0.15, -0.1) is 6.42 Å². The Labute approximate surface area is 94.3 Å². The second kappa shape index (κ2) is 5.86. The van der Waals surface area contributed by atoms with Crippen molar-refractivity contribution in [1.82, 2.24) is 5.32 Å². The van der Waals surface area contributed by atoms with Gasteiger partial charge >= 0.3 is 7.12 Å². The molecule has 0 aliphatic carbocycles. The van der Waals surface area contributed by atoms with Crippen molar-refractivity contribution in [2.45, 2.75) is 19.3 Å². The van der Waals surface area contributed by atoms with E-state index in [1.165, 1.54) is 0 Å². The molecule has 84 valence electrons. The number of carbonyl (C=O) groups is 2. The Balaban J connectivity index is 2.59. The lowest BCUT2D eigenvalue weighted by Crippen LogP contribution is -2.43. The summed E-state index contributed by atoms with van der Waals surface area (Å²) in [4.78, 5) is 22.6. The van der Waals surface area contributed by atoms with Gasteiger partial charge in [-0.25, -0.2) is 0 Å². The summed E-state index contributed by atoms with van der Waals surface area (Å²) >= 11 is 0. The molecule has 0 spiro atoms. The second-order valence-electron chi connectivity index (χ2n) is 3.25. The number of nitrogens with one attached hydrogen (secondary N) is 1. The molecule has 0 saturated carbocycles. The highest BCUT2D eigenvalue weighted by atomic mass is 16.6. The highest BCUT2D eigenvalue weighted by Crippen LogP contribution is 2.14. The minimum Gasteiger partial charge on any atom is -0.523 e. The second-order valence-corrected chi connectivity index (χ2v) is 3.25. The van der Waals surface area contributed by atoms with E-state index in [0.717, 1.165) is 0 Å². The van der Waals surface area contributed by atoms with Crippen LogP contribution in [0.15, 0.2) is 12.3 Å². The first-order valence-corrected chi connectivity index (χ1v) is 4.88. The number of carbonyl (C=O) groups excluding carboxylic acids is 2. The van der Waals surface area contributed by atoms with Gasteiger partial charge in [0.15, 0.2) is 0 Å². The van der Waals surface area contributed by atoms with Crippen LogP contribution in [0.5, 0.6) is 0 Å². The van der Waals surface area contributed by atoms with Crippen molar-refractivity contribution in [3.05, 3.63) is 12.3 Å². The average Bonchev–Trinajstić information content (AvgIpc) is 2.22. The van der Waals surface area contributed by atoms with Gasteiger partial charge in [0.05, 0.1) is 12.3 Å². The Morgan fingerprint density at radius 2 is 2.31 bits per heavy atom. The molecular weight excluding hydrogens is 209 g/mol. The predicted octanol–water partition coefficient (Wildman–Crippen LogP) is 0.657. The van der Waals surface area contributed by atoms with Crippen LogP contribution in [0.4, 0.5) is 4.79 Å². The normalized spacial score (nSPS) is 16.3. The topological polar surface area (TPSA) is 64.6 Å². The maximum absolute atomic E-state index is 11.5. The third-order valence-corrected chi connectivity index (χ3v) is 1.93. The van der Waals surface area contributed by atoms with Crippen molar-refractivity contribution in [1.29, 1.82) is 0 Å². The zero-order valence-corrected chi connectivity index (χ0v) is 8.82. The van der Waals surface area contributed by atoms with Crippen molar-refractivity contribution < 1.29 is 18.9 Å². The molecule has 1 heterocycles. The van der Waals surface area contributed by atoms with Crippen LogP contribution in [0.2, 0.25) is 0 Å². The molecule has 0 aromatic carbocycles. The lowest BCUT2D eigenvalue weighted by molar-refractivity contribution is -0.136. The van der Waals surface area contributed by atoms with Crippen molar-refractivity contribution in [2.24, 2.45) is 0 Å². The molecule has 1 aliphatic heterocycles. The van der Waals surface area contributed by atoms with Crippen molar-refractivity contribution >= 4 is 18.9 Å². The molecule has 0 aromatic heterocycles. The molecule has 1 aliphatic rings. The van der Waals surface area contributed by atoms with Crippen LogP contribution < -0.4 is 5.32 Å². The van der Waals surface area contributed by atoms with Gasteiger partial charge in [-0.3, -0.25) is 9.59 Å². The van der Waals surface area contributed by atoms with Crippen LogP contribution >= 0.6 is 0 Å². The maximum atomic E-state index is 11.5. The quantitative estimate of drug-likeness (QED) is 0.549. The van der Waals surface area contributed by atoms with Gasteiger partial charge in [0.25, 0.3) is 11.8 Å². The molecule has 0 aromatic rings. The molecule has 0 unspecified atom stereocenters. The summed E-state index contributed by atoms with van der Waals surface area (Å²) in [7, 11) is -1.28. The lowest BCUT2D eigenvalue weighted by atomic mass is 9.87. The van der Waals surface area contributed by atoms with Crippen LogP contribution in [-0.2, 0) is 14.1 Å². The van der Waals surface area contributed by atoms with Crippen molar-refractivity contribution in [3.8, 4) is 12.3 Å². The molecule has 0 atom stereocenters. The summed E-state index contributed by atoms with van der Waals surface area (Å²) < 4.78 is 9.92. The molecule has 1 saturated heterocycles. The van der Waals surface area contributed by atoms with Gasteiger partial charge in [-0.1, -0.05) is 12.5 Å². The van der Waals surface area contributed by atoms with E-state index >= 15 is 0 Å². The lowest BCUT2D eigenvalue weighted by Gasteiger charge is -2.18. The van der Waals surface area contributed by atoms with E-state index in [2.05, 4.69) is 17.8 Å². The number of amides is 1. The summed E-state index contributed by atoms with van der Waals surface area (Å²) in [5.41, 5.74) is 0. The highest BCUT2D eigenvalue weighted by molar-refractivity contribution is 6.81. The minimum absolute atomic E-state index is 0.0583. The molecule has 0 bridgehead atoms. The maximum Gasteiger partial charge on any atom is 0.695 e. The average molecular weight is 221 g/mol. The third-order valence-electron chi connectivity index (χ3n) is 1.93. The Bertz CT molecular complexity index is 329. The van der Waals surface area contributed by atoms with Crippen LogP contribution in [-0.4, -0.2) is 25.4 Å². The van der Waals surface area contributed by atoms with Gasteiger partial charge in [0.2, 0.25) is 0 Å². The van der Waals surface area contributed by atoms with Gasteiger partial charge in [0.1, 0.15) is 0 Å². The van der Waals surface area contributed by atoms with Gasteiger partial charge in [-0.05, 0) is 6.42 Å². The zero-order valence-electron chi connectivity index (χ0n) is 8.82. The molecular formula is C10H12BNO4. The number of allylic oxidation sites excluding steroid dienone is 1. The van der Waals surface area contributed by atoms with Gasteiger partial charge < -0.3 is 14.6 Å². The smallest absolute Gasteiger partial charge is 0.523 e. The highest BCUT2D eigenvalue weighted by Gasteiger charge is 2.36. The monoisotopic (exact) mass is 221 g/mol. The Hall–Kier alpha value is -1.90. The van der Waals surface area contributed by atoms with E-state index < -0.39 is 18.9 Å². The molecule has 16 heavy (non-hydrogen) atoms. The molecule has 1 N–H and O–H groups in total. The van der Waals surface area contributed by atoms with Crippen LogP contribution in [0.1, 0.15) is 19.3 Å². The zero-order chi connectivity index (χ0) is 12.0. The Morgan fingerprint density at radius 3 is 3.00 bits per heavy atom. The number of rotatable bonds is 2. The van der Waals surface area contributed by atoms with Crippen molar-refractivity contribution in [3.63, 3.8) is 0 Å². The predicted molar refractivity (Wildman–Crippen MR) is 58.2 cm³/mol. The van der Waals surface area contributed by atoms with Crippen LogP contribution in [0.25, 0.3) is 0 Å². The summed E-state index contributed by atoms with van der Waals surface area (Å²) in [5, 5.41) is 2.37. The molecule has 0 radical (unpaired) electrons. The molecule has 1 fully saturated rings. The standard InChI is InChI=1S/C10H12BNO4/c1-3-7-12-10(14)11-15-8(2)5-4-6-9(13)16-11/h1H,2,4-7H2,(H,12,14). The molecule has 6 heteroatoms. The van der Waals surface area contributed by atoms with E-state index in [1.54, 1.807) is 0 Å². The fourth-order valence-electron chi connectivity index (χ4n) is 1.17. The number of hydrogen-bond donors (Lipinski definition) is 1. The van der Waals surface area contributed by atoms with E-state index in [9.17, 15) is 9.59 Å². The fourth-order valence-corrected chi connectivity index (χ4v) is 1.17. The third kappa shape index (κ3) is 3.69. The van der Waals surface area contributed by atoms with E-state index in [0.29, 0.717) is 18.6 Å². The first-order valence-electron chi connectivity index (χ1n) is 4.88. The SMILES string of the molecule is C#CCNC(=O)B1OC(=C)CCCC(=O)O1. The molecule has 1 amide bonds. The summed E-state index contributed by atoms with van der Waals surface area (Å²) in [6.45, 7) is 3.68. The van der Waals surface area contributed by atoms with Gasteiger partial charge in [-0.2, -0.15) is 0 Å². The van der Waals surface area contributed by atoms with E-state index in [1.807, 2.05) is 0 Å². The number of hydrogen-bond acceptors (Lipinski definition) is 4. The van der Waals surface area contributed by atoms with Crippen molar-refractivity contribution in [2.75, 3.05) is 6.54 Å². The van der Waals surface area contributed by atoms with Crippen LogP contribution in [0.3, 0.4) is 0 Å². The molecule has 1 rings (SSSR count). The minimum atomic E-state index is -1.28. The first-order chi connectivity index (χ1) is 7.63. The van der Waals surface area contributed by atoms with E-state index in [-0.39, 0.29) is 13.0 Å². The molecule has 5 nitrogen and oxygen atoms in total. The van der Waals surface area contributed by atoms with Crippen LogP contribution in [0, 0.1) is 12.3 Å². The fraction of sp³-hybridized carbons (Fsp3) is 0.400. The Kier molecular flexibility index (Phi) is 4.46. The first kappa shape index (κ1) is 12.2. The van der Waals surface area contributed by atoms with E-state index in [4.69, 9.17) is 15.7 Å².